The molecule has 0 saturated carbocycles. The first-order chi connectivity index (χ1) is 7.65. The van der Waals surface area contributed by atoms with Crippen LogP contribution >= 0.6 is 0 Å². The van der Waals surface area contributed by atoms with Crippen molar-refractivity contribution in [2.75, 3.05) is 10.6 Å². The molecular weight excluding hydrogens is 204 g/mol. The molecular formula is C12H14N2O2. The molecule has 84 valence electrons. The molecule has 16 heavy (non-hydrogen) atoms. The fourth-order valence-electron chi connectivity index (χ4n) is 1.12. The minimum Gasteiger partial charge on any atom is -0.326 e. The van der Waals surface area contributed by atoms with E-state index in [1.165, 1.54) is 6.08 Å². The number of amides is 2. The summed E-state index contributed by atoms with van der Waals surface area (Å²) in [6.45, 7) is 5.14. The van der Waals surface area contributed by atoms with E-state index >= 15 is 0 Å². The average Bonchev–Trinajstić information content (AvgIpc) is 2.29. The highest BCUT2D eigenvalue weighted by Gasteiger charge is 2.01. The third kappa shape index (κ3) is 3.57. The number of rotatable bonds is 4. The summed E-state index contributed by atoms with van der Waals surface area (Å²) in [6.07, 6.45) is 1.61. The maximum absolute atomic E-state index is 11.2. The second kappa shape index (κ2) is 5.70. The van der Waals surface area contributed by atoms with Crippen molar-refractivity contribution in [3.05, 3.63) is 36.9 Å². The smallest absolute Gasteiger partial charge is 0.247 e. The molecule has 0 saturated heterocycles. The van der Waals surface area contributed by atoms with Gasteiger partial charge in [-0.3, -0.25) is 9.59 Å². The highest BCUT2D eigenvalue weighted by Crippen LogP contribution is 2.15. The standard InChI is InChI=1S/C12H14N2O2/c1-3-11(15)13-9-6-5-7-10(8-9)14-12(16)4-2/h3,5-8H,1,4H2,2H3,(H,13,15)(H,14,16). The zero-order chi connectivity index (χ0) is 12.0. The van der Waals surface area contributed by atoms with Gasteiger partial charge in [-0.25, -0.2) is 0 Å². The van der Waals surface area contributed by atoms with E-state index in [9.17, 15) is 9.59 Å². The Bertz CT molecular complexity index is 413. The van der Waals surface area contributed by atoms with E-state index in [1.807, 2.05) is 0 Å². The third-order valence-electron chi connectivity index (χ3n) is 1.92. The summed E-state index contributed by atoms with van der Waals surface area (Å²) in [6, 6.07) is 6.94. The highest BCUT2D eigenvalue weighted by molar-refractivity contribution is 5.99. The maximum atomic E-state index is 11.2. The Morgan fingerprint density at radius 1 is 1.31 bits per heavy atom. The molecule has 0 aliphatic carbocycles. The molecule has 0 unspecified atom stereocenters. The minimum absolute atomic E-state index is 0.0628. The Morgan fingerprint density at radius 2 is 1.94 bits per heavy atom. The summed E-state index contributed by atoms with van der Waals surface area (Å²) in [5.74, 6) is -0.342. The Morgan fingerprint density at radius 3 is 2.50 bits per heavy atom. The van der Waals surface area contributed by atoms with Gasteiger partial charge in [-0.15, -0.1) is 0 Å². The summed E-state index contributed by atoms with van der Waals surface area (Å²) >= 11 is 0. The molecule has 0 fully saturated rings. The maximum Gasteiger partial charge on any atom is 0.247 e. The molecule has 1 aromatic rings. The van der Waals surface area contributed by atoms with Crippen LogP contribution in [0.15, 0.2) is 36.9 Å². The molecule has 0 heterocycles. The molecule has 0 atom stereocenters. The predicted molar refractivity (Wildman–Crippen MR) is 64.2 cm³/mol. The van der Waals surface area contributed by atoms with Crippen LogP contribution in [-0.2, 0) is 9.59 Å². The van der Waals surface area contributed by atoms with Gasteiger partial charge >= 0.3 is 0 Å². The van der Waals surface area contributed by atoms with Crippen LogP contribution in [0.2, 0.25) is 0 Å². The first-order valence-corrected chi connectivity index (χ1v) is 4.99. The Kier molecular flexibility index (Phi) is 4.27. The number of hydrogen-bond acceptors (Lipinski definition) is 2. The largest absolute Gasteiger partial charge is 0.326 e. The molecule has 4 heteroatoms. The normalized spacial score (nSPS) is 9.31. The van der Waals surface area contributed by atoms with Crippen molar-refractivity contribution in [2.45, 2.75) is 13.3 Å². The number of nitrogens with one attached hydrogen (secondary N) is 2. The second-order valence-corrected chi connectivity index (χ2v) is 3.18. The molecule has 0 bridgehead atoms. The highest BCUT2D eigenvalue weighted by atomic mass is 16.2. The SMILES string of the molecule is C=CC(=O)Nc1cccc(NC(=O)CC)c1. The summed E-state index contributed by atoms with van der Waals surface area (Å²) in [5.41, 5.74) is 1.28. The van der Waals surface area contributed by atoms with Crippen LogP contribution in [-0.4, -0.2) is 11.8 Å². The number of carbonyl (C=O) groups is 2. The van der Waals surface area contributed by atoms with Gasteiger partial charge in [0.1, 0.15) is 0 Å². The van der Waals surface area contributed by atoms with Crippen LogP contribution < -0.4 is 10.6 Å². The molecule has 2 N–H and O–H groups in total. The lowest BCUT2D eigenvalue weighted by Crippen LogP contribution is -2.11. The zero-order valence-corrected chi connectivity index (χ0v) is 9.12. The summed E-state index contributed by atoms with van der Waals surface area (Å²) < 4.78 is 0. The van der Waals surface area contributed by atoms with Crippen LogP contribution in [0.5, 0.6) is 0 Å². The van der Waals surface area contributed by atoms with Crippen LogP contribution in [0.1, 0.15) is 13.3 Å². The molecule has 0 aromatic heterocycles. The van der Waals surface area contributed by atoms with E-state index in [0.717, 1.165) is 0 Å². The monoisotopic (exact) mass is 218 g/mol. The zero-order valence-electron chi connectivity index (χ0n) is 9.12. The van der Waals surface area contributed by atoms with Gasteiger partial charge in [-0.2, -0.15) is 0 Å². The van der Waals surface area contributed by atoms with Crippen LogP contribution in [0.3, 0.4) is 0 Å². The van der Waals surface area contributed by atoms with Crippen molar-refractivity contribution in [2.24, 2.45) is 0 Å². The van der Waals surface area contributed by atoms with Gasteiger partial charge in [-0.1, -0.05) is 19.6 Å². The van der Waals surface area contributed by atoms with Gasteiger partial charge in [0, 0.05) is 17.8 Å². The van der Waals surface area contributed by atoms with Gasteiger partial charge < -0.3 is 10.6 Å². The summed E-state index contributed by atoms with van der Waals surface area (Å²) in [4.78, 5) is 22.2. The lowest BCUT2D eigenvalue weighted by atomic mass is 10.2. The number of benzene rings is 1. The van der Waals surface area contributed by atoms with E-state index in [1.54, 1.807) is 31.2 Å². The lowest BCUT2D eigenvalue weighted by Gasteiger charge is -2.06. The predicted octanol–water partition coefficient (Wildman–Crippen LogP) is 2.16. The fraction of sp³-hybridized carbons (Fsp3) is 0.167. The molecule has 0 aliphatic heterocycles. The Hall–Kier alpha value is -2.10. The summed E-state index contributed by atoms with van der Waals surface area (Å²) in [7, 11) is 0. The van der Waals surface area contributed by atoms with Crippen molar-refractivity contribution < 1.29 is 9.59 Å². The van der Waals surface area contributed by atoms with Gasteiger partial charge in [0.2, 0.25) is 11.8 Å². The third-order valence-corrected chi connectivity index (χ3v) is 1.92. The van der Waals surface area contributed by atoms with Gasteiger partial charge in [-0.05, 0) is 24.3 Å². The second-order valence-electron chi connectivity index (χ2n) is 3.18. The van der Waals surface area contributed by atoms with Crippen molar-refractivity contribution in [1.29, 1.82) is 0 Å². The summed E-state index contributed by atoms with van der Waals surface area (Å²) in [5, 5.41) is 5.32. The molecule has 1 aromatic carbocycles. The fourth-order valence-corrected chi connectivity index (χ4v) is 1.12. The molecule has 0 aliphatic rings. The van der Waals surface area contributed by atoms with Crippen molar-refractivity contribution in [3.8, 4) is 0 Å². The van der Waals surface area contributed by atoms with E-state index in [0.29, 0.717) is 17.8 Å². The lowest BCUT2D eigenvalue weighted by molar-refractivity contribution is -0.116. The van der Waals surface area contributed by atoms with Crippen LogP contribution in [0.25, 0.3) is 0 Å². The topological polar surface area (TPSA) is 58.2 Å². The first-order valence-electron chi connectivity index (χ1n) is 4.99. The number of hydrogen-bond donors (Lipinski definition) is 2. The molecule has 4 nitrogen and oxygen atoms in total. The molecule has 0 radical (unpaired) electrons. The van der Waals surface area contributed by atoms with Crippen molar-refractivity contribution in [1.82, 2.24) is 0 Å². The molecule has 1 rings (SSSR count). The van der Waals surface area contributed by atoms with E-state index in [4.69, 9.17) is 0 Å². The van der Waals surface area contributed by atoms with E-state index in [-0.39, 0.29) is 11.8 Å². The Balaban J connectivity index is 2.74. The van der Waals surface area contributed by atoms with E-state index < -0.39 is 0 Å². The van der Waals surface area contributed by atoms with Gasteiger partial charge in [0.25, 0.3) is 0 Å². The quantitative estimate of drug-likeness (QED) is 0.761. The minimum atomic E-state index is -0.279. The van der Waals surface area contributed by atoms with Crippen LogP contribution in [0, 0.1) is 0 Å². The van der Waals surface area contributed by atoms with E-state index in [2.05, 4.69) is 17.2 Å². The Labute approximate surface area is 94.4 Å². The van der Waals surface area contributed by atoms with Crippen LogP contribution in [0.4, 0.5) is 11.4 Å². The van der Waals surface area contributed by atoms with Crippen molar-refractivity contribution in [3.63, 3.8) is 0 Å². The molecule has 0 spiro atoms. The average molecular weight is 218 g/mol. The van der Waals surface area contributed by atoms with Gasteiger partial charge in [0.05, 0.1) is 0 Å². The number of carbonyl (C=O) groups excluding carboxylic acids is 2. The number of anilines is 2. The first kappa shape index (κ1) is 12.0. The molecule has 2 amide bonds. The van der Waals surface area contributed by atoms with Gasteiger partial charge in [0.15, 0.2) is 0 Å². The van der Waals surface area contributed by atoms with Crippen molar-refractivity contribution >= 4 is 23.2 Å².